The van der Waals surface area contributed by atoms with Crippen LogP contribution in [0, 0.1) is 0 Å². The van der Waals surface area contributed by atoms with E-state index in [1.807, 2.05) is 0 Å². The molecule has 0 saturated heterocycles. The maximum absolute atomic E-state index is 11.0. The molecule has 0 fully saturated rings. The van der Waals surface area contributed by atoms with Crippen molar-refractivity contribution in [3.05, 3.63) is 24.3 Å². The SMILES string of the molecule is COC(=O)CCCCCCCC=CCC=CCCCCCO[Si](C)(C)C. The van der Waals surface area contributed by atoms with Gasteiger partial charge in [-0.05, 0) is 64.6 Å². The first-order valence-corrected chi connectivity index (χ1v) is 13.9. The summed E-state index contributed by atoms with van der Waals surface area (Å²) in [5.74, 6) is -0.0861. The lowest BCUT2D eigenvalue weighted by atomic mass is 10.1. The second kappa shape index (κ2) is 17.5. The third kappa shape index (κ3) is 21.2. The molecule has 4 heteroatoms. The first kappa shape index (κ1) is 25.1. The van der Waals surface area contributed by atoms with E-state index >= 15 is 0 Å². The highest BCUT2D eigenvalue weighted by Crippen LogP contribution is 2.09. The minimum Gasteiger partial charge on any atom is -0.469 e. The summed E-state index contributed by atoms with van der Waals surface area (Å²) in [5, 5.41) is 0. The Kier molecular flexibility index (Phi) is 16.9. The molecule has 0 aliphatic rings. The van der Waals surface area contributed by atoms with Crippen molar-refractivity contribution in [3.63, 3.8) is 0 Å². The molecule has 26 heavy (non-hydrogen) atoms. The summed E-state index contributed by atoms with van der Waals surface area (Å²) in [6.07, 6.45) is 22.7. The Balaban J connectivity index is 3.27. The number of allylic oxidation sites excluding steroid dienone is 4. The lowest BCUT2D eigenvalue weighted by molar-refractivity contribution is -0.140. The minimum absolute atomic E-state index is 0.0861. The van der Waals surface area contributed by atoms with E-state index in [0.29, 0.717) is 6.42 Å². The molecule has 0 saturated carbocycles. The molecule has 0 aromatic carbocycles. The average molecular weight is 383 g/mol. The van der Waals surface area contributed by atoms with Gasteiger partial charge < -0.3 is 9.16 Å². The third-order valence-electron chi connectivity index (χ3n) is 4.14. The predicted octanol–water partition coefficient (Wildman–Crippen LogP) is 6.80. The Morgan fingerprint density at radius 2 is 1.31 bits per heavy atom. The van der Waals surface area contributed by atoms with Crippen LogP contribution in [0.2, 0.25) is 19.6 Å². The van der Waals surface area contributed by atoms with Crippen LogP contribution in [-0.2, 0) is 14.0 Å². The van der Waals surface area contributed by atoms with E-state index in [1.54, 1.807) is 0 Å². The Bertz CT molecular complexity index is 383. The molecule has 0 aliphatic heterocycles. The molecule has 0 aromatic heterocycles. The fourth-order valence-electron chi connectivity index (χ4n) is 2.59. The molecule has 0 N–H and O–H groups in total. The van der Waals surface area contributed by atoms with E-state index in [4.69, 9.17) is 4.43 Å². The van der Waals surface area contributed by atoms with Gasteiger partial charge in [0.25, 0.3) is 0 Å². The van der Waals surface area contributed by atoms with Gasteiger partial charge in [0.1, 0.15) is 0 Å². The fraction of sp³-hybridized carbons (Fsp3) is 0.773. The monoisotopic (exact) mass is 382 g/mol. The van der Waals surface area contributed by atoms with Crippen LogP contribution >= 0.6 is 0 Å². The molecule has 0 aliphatic carbocycles. The largest absolute Gasteiger partial charge is 0.469 e. The van der Waals surface area contributed by atoms with Crippen molar-refractivity contribution in [2.24, 2.45) is 0 Å². The fourth-order valence-corrected chi connectivity index (χ4v) is 3.35. The van der Waals surface area contributed by atoms with Gasteiger partial charge in [-0.15, -0.1) is 0 Å². The zero-order valence-electron chi connectivity index (χ0n) is 17.7. The number of hydrogen-bond donors (Lipinski definition) is 0. The average Bonchev–Trinajstić information content (AvgIpc) is 2.59. The number of rotatable bonds is 17. The van der Waals surface area contributed by atoms with Crippen molar-refractivity contribution in [2.75, 3.05) is 13.7 Å². The van der Waals surface area contributed by atoms with Crippen molar-refractivity contribution in [1.82, 2.24) is 0 Å². The molecule has 3 nitrogen and oxygen atoms in total. The molecule has 0 unspecified atom stereocenters. The maximum atomic E-state index is 11.0. The van der Waals surface area contributed by atoms with E-state index in [1.165, 1.54) is 58.5 Å². The number of carbonyl (C=O) groups is 1. The number of unbranched alkanes of at least 4 members (excludes halogenated alkanes) is 8. The first-order chi connectivity index (χ1) is 12.5. The zero-order valence-corrected chi connectivity index (χ0v) is 18.7. The van der Waals surface area contributed by atoms with Gasteiger partial charge in [0.15, 0.2) is 8.32 Å². The number of ether oxygens (including phenoxy) is 1. The van der Waals surface area contributed by atoms with Crippen molar-refractivity contribution >= 4 is 14.3 Å². The normalized spacial score (nSPS) is 12.3. The summed E-state index contributed by atoms with van der Waals surface area (Å²) in [6, 6.07) is 0. The summed E-state index contributed by atoms with van der Waals surface area (Å²) >= 11 is 0. The quantitative estimate of drug-likeness (QED) is 0.120. The Morgan fingerprint density at radius 3 is 1.88 bits per heavy atom. The van der Waals surface area contributed by atoms with Gasteiger partial charge in [-0.2, -0.15) is 0 Å². The number of esters is 1. The topological polar surface area (TPSA) is 35.5 Å². The molecule has 152 valence electrons. The van der Waals surface area contributed by atoms with Gasteiger partial charge in [-0.1, -0.05) is 50.0 Å². The van der Waals surface area contributed by atoms with E-state index in [2.05, 4.69) is 48.7 Å². The summed E-state index contributed by atoms with van der Waals surface area (Å²) < 4.78 is 10.5. The zero-order chi connectivity index (χ0) is 19.5. The maximum Gasteiger partial charge on any atom is 0.305 e. The molecule has 0 amide bonds. The van der Waals surface area contributed by atoms with Crippen LogP contribution in [0.3, 0.4) is 0 Å². The van der Waals surface area contributed by atoms with Crippen LogP contribution in [0.5, 0.6) is 0 Å². The molecular weight excluding hydrogens is 340 g/mol. The molecule has 0 rings (SSSR count). The third-order valence-corrected chi connectivity index (χ3v) is 5.21. The van der Waals surface area contributed by atoms with Crippen molar-refractivity contribution in [3.8, 4) is 0 Å². The number of carbonyl (C=O) groups excluding carboxylic acids is 1. The first-order valence-electron chi connectivity index (χ1n) is 10.5. The summed E-state index contributed by atoms with van der Waals surface area (Å²) in [7, 11) is 0.144. The molecule has 0 atom stereocenters. The van der Waals surface area contributed by atoms with Crippen molar-refractivity contribution in [2.45, 2.75) is 96.7 Å². The Hall–Kier alpha value is -0.873. The van der Waals surface area contributed by atoms with Gasteiger partial charge in [0.2, 0.25) is 0 Å². The standard InChI is InChI=1S/C22H42O3Si/c1-24-22(23)20-18-16-14-12-10-8-6-5-7-9-11-13-15-17-19-21-25-26(2,3)4/h5-6,9,11H,7-8,10,12-21H2,1-4H3. The summed E-state index contributed by atoms with van der Waals surface area (Å²) in [4.78, 5) is 11.0. The van der Waals surface area contributed by atoms with Crippen LogP contribution < -0.4 is 0 Å². The molecule has 0 aromatic rings. The second-order valence-corrected chi connectivity index (χ2v) is 12.4. The molecule has 0 heterocycles. The van der Waals surface area contributed by atoms with Crippen LogP contribution in [0.25, 0.3) is 0 Å². The predicted molar refractivity (Wildman–Crippen MR) is 115 cm³/mol. The molecule has 0 spiro atoms. The van der Waals surface area contributed by atoms with E-state index in [-0.39, 0.29) is 5.97 Å². The molecular formula is C22H42O3Si. The highest BCUT2D eigenvalue weighted by atomic mass is 28.4. The highest BCUT2D eigenvalue weighted by molar-refractivity contribution is 6.69. The lowest BCUT2D eigenvalue weighted by Gasteiger charge is -2.16. The van der Waals surface area contributed by atoms with Gasteiger partial charge in [-0.25, -0.2) is 0 Å². The van der Waals surface area contributed by atoms with E-state index in [0.717, 1.165) is 25.9 Å². The Morgan fingerprint density at radius 1 is 0.769 bits per heavy atom. The summed E-state index contributed by atoms with van der Waals surface area (Å²) in [5.41, 5.74) is 0. The lowest BCUT2D eigenvalue weighted by Crippen LogP contribution is -2.25. The van der Waals surface area contributed by atoms with Crippen molar-refractivity contribution < 1.29 is 14.0 Å². The molecule has 0 bridgehead atoms. The smallest absolute Gasteiger partial charge is 0.305 e. The van der Waals surface area contributed by atoms with Gasteiger partial charge >= 0.3 is 5.97 Å². The van der Waals surface area contributed by atoms with Gasteiger partial charge in [0.05, 0.1) is 7.11 Å². The van der Waals surface area contributed by atoms with Gasteiger partial charge in [-0.3, -0.25) is 4.79 Å². The van der Waals surface area contributed by atoms with Crippen LogP contribution in [0.15, 0.2) is 24.3 Å². The minimum atomic E-state index is -1.31. The second-order valence-electron chi connectivity index (χ2n) is 7.87. The summed E-state index contributed by atoms with van der Waals surface area (Å²) in [6.45, 7) is 7.68. The Labute approximate surface area is 163 Å². The van der Waals surface area contributed by atoms with Gasteiger partial charge in [0, 0.05) is 13.0 Å². The molecule has 0 radical (unpaired) electrons. The van der Waals surface area contributed by atoms with Crippen molar-refractivity contribution in [1.29, 1.82) is 0 Å². The van der Waals surface area contributed by atoms with Crippen LogP contribution in [0.1, 0.15) is 77.0 Å². The van der Waals surface area contributed by atoms with E-state index < -0.39 is 8.32 Å². The number of hydrogen-bond acceptors (Lipinski definition) is 3. The highest BCUT2D eigenvalue weighted by Gasteiger charge is 2.12. The van der Waals surface area contributed by atoms with Crippen LogP contribution in [0.4, 0.5) is 0 Å². The van der Waals surface area contributed by atoms with Crippen LogP contribution in [-0.4, -0.2) is 28.0 Å². The number of methoxy groups -OCH3 is 1. The van der Waals surface area contributed by atoms with E-state index in [9.17, 15) is 4.79 Å².